The number of aliphatic imine (C=N–C) groups is 1. The van der Waals surface area contributed by atoms with Gasteiger partial charge < -0.3 is 15.4 Å². The molecule has 0 radical (unpaired) electrons. The van der Waals surface area contributed by atoms with Crippen molar-refractivity contribution in [3.63, 3.8) is 0 Å². The molecule has 5 nitrogen and oxygen atoms in total. The third-order valence-electron chi connectivity index (χ3n) is 5.13. The lowest BCUT2D eigenvalue weighted by atomic mass is 9.51. The number of ether oxygens (including phenoxy) is 1. The van der Waals surface area contributed by atoms with Crippen LogP contribution in [0, 0.1) is 12.3 Å². The standard InChI is InChI=1S/C17H28N4OS/c1-4-18-16(20-11-15-19-10-12(3)23-15)21-13-9-14(22-5-2)17(13)7-6-8-17/h10,13-14H,4-9,11H2,1-3H3,(H2,18,20,21). The van der Waals surface area contributed by atoms with Crippen LogP contribution < -0.4 is 10.6 Å². The molecule has 2 aliphatic carbocycles. The zero-order valence-electron chi connectivity index (χ0n) is 14.4. The van der Waals surface area contributed by atoms with Gasteiger partial charge in [0.15, 0.2) is 5.96 Å². The van der Waals surface area contributed by atoms with E-state index in [0.29, 0.717) is 24.1 Å². The summed E-state index contributed by atoms with van der Waals surface area (Å²) in [6.45, 7) is 8.61. The van der Waals surface area contributed by atoms with Crippen molar-refractivity contribution in [2.45, 2.75) is 65.1 Å². The fourth-order valence-electron chi connectivity index (χ4n) is 3.75. The number of hydrogen-bond donors (Lipinski definition) is 2. The zero-order chi connectivity index (χ0) is 16.3. The van der Waals surface area contributed by atoms with Gasteiger partial charge in [-0.3, -0.25) is 0 Å². The Labute approximate surface area is 142 Å². The lowest BCUT2D eigenvalue weighted by Crippen LogP contribution is -2.68. The molecule has 3 rings (SSSR count). The minimum atomic E-state index is 0.351. The van der Waals surface area contributed by atoms with Crippen LogP contribution in [0.4, 0.5) is 0 Å². The number of rotatable bonds is 6. The number of aromatic nitrogens is 1. The first-order valence-corrected chi connectivity index (χ1v) is 9.57. The molecule has 1 spiro atoms. The maximum Gasteiger partial charge on any atom is 0.191 e. The highest BCUT2D eigenvalue weighted by Crippen LogP contribution is 2.57. The first kappa shape index (κ1) is 16.7. The Bertz CT molecular complexity index is 553. The first-order valence-electron chi connectivity index (χ1n) is 8.75. The van der Waals surface area contributed by atoms with Gasteiger partial charge in [0.25, 0.3) is 0 Å². The zero-order valence-corrected chi connectivity index (χ0v) is 15.2. The van der Waals surface area contributed by atoms with Crippen LogP contribution in [0.15, 0.2) is 11.2 Å². The number of thiazole rings is 1. The summed E-state index contributed by atoms with van der Waals surface area (Å²) in [4.78, 5) is 10.3. The molecule has 6 heteroatoms. The van der Waals surface area contributed by atoms with Gasteiger partial charge in [-0.05, 0) is 40.0 Å². The SMILES string of the molecule is CCNC(=NCc1ncc(C)s1)NC1CC(OCC)C12CCC2. The topological polar surface area (TPSA) is 58.5 Å². The first-order chi connectivity index (χ1) is 11.2. The predicted octanol–water partition coefficient (Wildman–Crippen LogP) is 2.85. The van der Waals surface area contributed by atoms with E-state index in [4.69, 9.17) is 9.73 Å². The highest BCUT2D eigenvalue weighted by Gasteiger charge is 2.59. The molecule has 2 saturated carbocycles. The lowest BCUT2D eigenvalue weighted by molar-refractivity contribution is -0.168. The summed E-state index contributed by atoms with van der Waals surface area (Å²) in [6.07, 6.45) is 7.32. The van der Waals surface area contributed by atoms with Crippen molar-refractivity contribution in [2.75, 3.05) is 13.2 Å². The summed E-state index contributed by atoms with van der Waals surface area (Å²) in [5.41, 5.74) is 0.351. The minimum Gasteiger partial charge on any atom is -0.378 e. The maximum absolute atomic E-state index is 5.93. The largest absolute Gasteiger partial charge is 0.378 e. The van der Waals surface area contributed by atoms with Crippen LogP contribution in [0.3, 0.4) is 0 Å². The van der Waals surface area contributed by atoms with Crippen molar-refractivity contribution in [1.82, 2.24) is 15.6 Å². The monoisotopic (exact) mass is 336 g/mol. The Balaban J connectivity index is 1.61. The summed E-state index contributed by atoms with van der Waals surface area (Å²) < 4.78 is 5.93. The molecular weight excluding hydrogens is 308 g/mol. The molecule has 0 aromatic carbocycles. The third-order valence-corrected chi connectivity index (χ3v) is 6.03. The van der Waals surface area contributed by atoms with Gasteiger partial charge >= 0.3 is 0 Å². The molecule has 2 N–H and O–H groups in total. The van der Waals surface area contributed by atoms with Crippen molar-refractivity contribution in [3.05, 3.63) is 16.1 Å². The number of hydrogen-bond acceptors (Lipinski definition) is 4. The summed E-state index contributed by atoms with van der Waals surface area (Å²) >= 11 is 1.72. The predicted molar refractivity (Wildman–Crippen MR) is 94.9 cm³/mol. The van der Waals surface area contributed by atoms with Crippen LogP contribution in [-0.2, 0) is 11.3 Å². The molecule has 23 heavy (non-hydrogen) atoms. The number of guanidine groups is 1. The quantitative estimate of drug-likeness (QED) is 0.619. The van der Waals surface area contributed by atoms with E-state index in [1.807, 2.05) is 6.20 Å². The summed E-state index contributed by atoms with van der Waals surface area (Å²) in [5, 5.41) is 8.08. The second-order valence-electron chi connectivity index (χ2n) is 6.52. The summed E-state index contributed by atoms with van der Waals surface area (Å²) in [5.74, 6) is 0.909. The molecule has 128 valence electrons. The van der Waals surface area contributed by atoms with E-state index in [0.717, 1.165) is 30.5 Å². The molecule has 1 heterocycles. The number of nitrogens with zero attached hydrogens (tertiary/aromatic N) is 2. The molecule has 2 unspecified atom stereocenters. The fourth-order valence-corrected chi connectivity index (χ4v) is 4.46. The van der Waals surface area contributed by atoms with E-state index in [2.05, 4.69) is 36.4 Å². The molecule has 2 atom stereocenters. The molecule has 1 aromatic heterocycles. The Hall–Kier alpha value is -1.14. The van der Waals surface area contributed by atoms with Crippen LogP contribution in [-0.4, -0.2) is 36.2 Å². The summed E-state index contributed by atoms with van der Waals surface area (Å²) in [6, 6.07) is 0.489. The number of aryl methyl sites for hydroxylation is 1. The van der Waals surface area contributed by atoms with E-state index in [1.54, 1.807) is 11.3 Å². The Morgan fingerprint density at radius 2 is 2.30 bits per heavy atom. The van der Waals surface area contributed by atoms with Crippen molar-refractivity contribution < 1.29 is 4.74 Å². The van der Waals surface area contributed by atoms with Crippen molar-refractivity contribution in [2.24, 2.45) is 10.4 Å². The van der Waals surface area contributed by atoms with Gasteiger partial charge in [0.2, 0.25) is 0 Å². The Morgan fingerprint density at radius 3 is 2.87 bits per heavy atom. The highest BCUT2D eigenvalue weighted by atomic mass is 32.1. The van der Waals surface area contributed by atoms with Crippen molar-refractivity contribution >= 4 is 17.3 Å². The second-order valence-corrected chi connectivity index (χ2v) is 7.84. The van der Waals surface area contributed by atoms with Crippen LogP contribution in [0.2, 0.25) is 0 Å². The van der Waals surface area contributed by atoms with Gasteiger partial charge in [0.1, 0.15) is 5.01 Å². The summed E-state index contributed by atoms with van der Waals surface area (Å²) in [7, 11) is 0. The molecular formula is C17H28N4OS. The molecule has 0 aliphatic heterocycles. The molecule has 2 fully saturated rings. The van der Waals surface area contributed by atoms with Gasteiger partial charge in [0.05, 0.1) is 12.6 Å². The molecule has 0 amide bonds. The molecule has 0 bridgehead atoms. The fraction of sp³-hybridized carbons (Fsp3) is 0.765. The van der Waals surface area contributed by atoms with E-state index in [-0.39, 0.29) is 0 Å². The molecule has 0 saturated heterocycles. The van der Waals surface area contributed by atoms with Gasteiger partial charge in [-0.2, -0.15) is 0 Å². The van der Waals surface area contributed by atoms with E-state index in [1.165, 1.54) is 24.1 Å². The normalized spacial score (nSPS) is 25.8. The maximum atomic E-state index is 5.93. The van der Waals surface area contributed by atoms with Gasteiger partial charge in [-0.1, -0.05) is 6.42 Å². The van der Waals surface area contributed by atoms with Crippen molar-refractivity contribution in [1.29, 1.82) is 0 Å². The van der Waals surface area contributed by atoms with E-state index < -0.39 is 0 Å². The van der Waals surface area contributed by atoms with Gasteiger partial charge in [-0.15, -0.1) is 11.3 Å². The third kappa shape index (κ3) is 3.38. The Kier molecular flexibility index (Phi) is 5.21. The van der Waals surface area contributed by atoms with Gasteiger partial charge in [0, 0.05) is 35.7 Å². The second kappa shape index (κ2) is 7.18. The van der Waals surface area contributed by atoms with Crippen molar-refractivity contribution in [3.8, 4) is 0 Å². The van der Waals surface area contributed by atoms with Crippen LogP contribution in [0.5, 0.6) is 0 Å². The smallest absolute Gasteiger partial charge is 0.191 e. The van der Waals surface area contributed by atoms with E-state index >= 15 is 0 Å². The highest BCUT2D eigenvalue weighted by molar-refractivity contribution is 7.11. The average Bonchev–Trinajstić information content (AvgIpc) is 2.87. The lowest BCUT2D eigenvalue weighted by Gasteiger charge is -2.61. The molecule has 2 aliphatic rings. The van der Waals surface area contributed by atoms with Gasteiger partial charge in [-0.25, -0.2) is 9.98 Å². The Morgan fingerprint density at radius 1 is 1.48 bits per heavy atom. The average molecular weight is 337 g/mol. The van der Waals surface area contributed by atoms with Crippen LogP contribution in [0.25, 0.3) is 0 Å². The molecule has 1 aromatic rings. The minimum absolute atomic E-state index is 0.351. The van der Waals surface area contributed by atoms with Crippen LogP contribution in [0.1, 0.15) is 49.4 Å². The van der Waals surface area contributed by atoms with E-state index in [9.17, 15) is 0 Å². The van der Waals surface area contributed by atoms with Crippen LogP contribution >= 0.6 is 11.3 Å². The number of nitrogens with one attached hydrogen (secondary N) is 2.